The Morgan fingerprint density at radius 1 is 1.60 bits per heavy atom. The molecule has 15 heavy (non-hydrogen) atoms. The van der Waals surface area contributed by atoms with Crippen LogP contribution in [0.25, 0.3) is 0 Å². The summed E-state index contributed by atoms with van der Waals surface area (Å²) in [5.41, 5.74) is 2.33. The molecule has 1 aliphatic carbocycles. The lowest BCUT2D eigenvalue weighted by molar-refractivity contribution is -0.124. The second-order valence-electron chi connectivity index (χ2n) is 5.51. The normalized spacial score (nSPS) is 24.5. The lowest BCUT2D eigenvalue weighted by atomic mass is 9.66. The second-order valence-corrected chi connectivity index (χ2v) is 5.51. The van der Waals surface area contributed by atoms with Crippen LogP contribution in [0.15, 0.2) is 23.8 Å². The smallest absolute Gasteiger partial charge is 0.144 e. The SMILES string of the molecule is C=C(C)CC(=O)C1C(C)=CCCC1(C)C. The molecule has 0 spiro atoms. The topological polar surface area (TPSA) is 17.1 Å². The van der Waals surface area contributed by atoms with Crippen molar-refractivity contribution in [3.05, 3.63) is 23.8 Å². The van der Waals surface area contributed by atoms with Crippen molar-refractivity contribution in [3.63, 3.8) is 0 Å². The number of hydrogen-bond donors (Lipinski definition) is 0. The van der Waals surface area contributed by atoms with Crippen LogP contribution in [0.4, 0.5) is 0 Å². The molecule has 0 fully saturated rings. The minimum Gasteiger partial charge on any atom is -0.299 e. The number of carbonyl (C=O) groups is 1. The molecule has 0 radical (unpaired) electrons. The molecule has 0 saturated heterocycles. The van der Waals surface area contributed by atoms with Crippen LogP contribution in [-0.2, 0) is 4.79 Å². The zero-order chi connectivity index (χ0) is 11.6. The Labute approximate surface area is 93.3 Å². The standard InChI is InChI=1S/C14H22O/c1-10(2)9-12(15)13-11(3)7-6-8-14(13,4)5/h7,13H,1,6,8-9H2,2-5H3. The Morgan fingerprint density at radius 2 is 2.20 bits per heavy atom. The highest BCUT2D eigenvalue weighted by Gasteiger charge is 2.37. The minimum atomic E-state index is 0.1000. The van der Waals surface area contributed by atoms with Crippen LogP contribution in [0.2, 0.25) is 0 Å². The van der Waals surface area contributed by atoms with E-state index < -0.39 is 0 Å². The van der Waals surface area contributed by atoms with Crippen molar-refractivity contribution >= 4 is 5.78 Å². The van der Waals surface area contributed by atoms with Gasteiger partial charge in [-0.2, -0.15) is 0 Å². The van der Waals surface area contributed by atoms with Crippen molar-refractivity contribution in [1.82, 2.24) is 0 Å². The van der Waals surface area contributed by atoms with Gasteiger partial charge in [0.15, 0.2) is 0 Å². The Hall–Kier alpha value is -0.850. The van der Waals surface area contributed by atoms with Gasteiger partial charge in [-0.25, -0.2) is 0 Å². The van der Waals surface area contributed by atoms with E-state index in [0.29, 0.717) is 12.2 Å². The van der Waals surface area contributed by atoms with E-state index in [2.05, 4.69) is 33.4 Å². The van der Waals surface area contributed by atoms with Gasteiger partial charge in [-0.3, -0.25) is 4.79 Å². The van der Waals surface area contributed by atoms with Gasteiger partial charge in [0.1, 0.15) is 5.78 Å². The van der Waals surface area contributed by atoms with Gasteiger partial charge in [-0.1, -0.05) is 37.6 Å². The molecule has 0 amide bonds. The third-order valence-electron chi connectivity index (χ3n) is 3.29. The fourth-order valence-electron chi connectivity index (χ4n) is 2.64. The summed E-state index contributed by atoms with van der Waals surface area (Å²) in [4.78, 5) is 12.1. The summed E-state index contributed by atoms with van der Waals surface area (Å²) in [5.74, 6) is 0.434. The van der Waals surface area contributed by atoms with Gasteiger partial charge in [-0.05, 0) is 32.1 Å². The van der Waals surface area contributed by atoms with Crippen LogP contribution in [0.5, 0.6) is 0 Å². The predicted octanol–water partition coefficient (Wildman–Crippen LogP) is 3.90. The number of Topliss-reactive ketones (excluding diaryl/α,β-unsaturated/α-hetero) is 1. The van der Waals surface area contributed by atoms with Crippen LogP contribution >= 0.6 is 0 Å². The predicted molar refractivity (Wildman–Crippen MR) is 64.7 cm³/mol. The molecule has 1 nitrogen and oxygen atoms in total. The van der Waals surface area contributed by atoms with Crippen molar-refractivity contribution in [1.29, 1.82) is 0 Å². The van der Waals surface area contributed by atoms with Crippen LogP contribution in [-0.4, -0.2) is 5.78 Å². The molecule has 0 aromatic heterocycles. The van der Waals surface area contributed by atoms with Crippen molar-refractivity contribution in [2.24, 2.45) is 11.3 Å². The van der Waals surface area contributed by atoms with E-state index in [1.54, 1.807) is 0 Å². The quantitative estimate of drug-likeness (QED) is 0.640. The van der Waals surface area contributed by atoms with Crippen LogP contribution in [0, 0.1) is 11.3 Å². The number of rotatable bonds is 3. The van der Waals surface area contributed by atoms with E-state index in [1.165, 1.54) is 5.57 Å². The molecule has 1 heteroatoms. The van der Waals surface area contributed by atoms with Crippen LogP contribution in [0.3, 0.4) is 0 Å². The molecule has 1 rings (SSSR count). The van der Waals surface area contributed by atoms with Gasteiger partial charge in [0.2, 0.25) is 0 Å². The molecule has 1 unspecified atom stereocenters. The number of allylic oxidation sites excluding steroid dienone is 3. The highest BCUT2D eigenvalue weighted by atomic mass is 16.1. The van der Waals surface area contributed by atoms with Gasteiger partial charge in [0, 0.05) is 12.3 Å². The Bertz CT molecular complexity index is 307. The summed E-state index contributed by atoms with van der Waals surface area (Å²) in [6.45, 7) is 12.2. The lowest BCUT2D eigenvalue weighted by Crippen LogP contribution is -2.34. The number of ketones is 1. The third-order valence-corrected chi connectivity index (χ3v) is 3.29. The highest BCUT2D eigenvalue weighted by Crippen LogP contribution is 2.42. The average Bonchev–Trinajstić information content (AvgIpc) is 1.99. The third kappa shape index (κ3) is 2.80. The molecular weight excluding hydrogens is 184 g/mol. The molecule has 0 N–H and O–H groups in total. The van der Waals surface area contributed by atoms with E-state index in [4.69, 9.17) is 0 Å². The first-order valence-electron chi connectivity index (χ1n) is 5.68. The van der Waals surface area contributed by atoms with Crippen molar-refractivity contribution in [2.45, 2.75) is 47.0 Å². The van der Waals surface area contributed by atoms with Gasteiger partial charge < -0.3 is 0 Å². The van der Waals surface area contributed by atoms with Gasteiger partial charge >= 0.3 is 0 Å². The molecule has 0 aromatic carbocycles. The number of carbonyl (C=O) groups excluding carboxylic acids is 1. The van der Waals surface area contributed by atoms with Crippen LogP contribution < -0.4 is 0 Å². The molecule has 0 bridgehead atoms. The maximum absolute atomic E-state index is 12.1. The zero-order valence-electron chi connectivity index (χ0n) is 10.4. The van der Waals surface area contributed by atoms with E-state index in [-0.39, 0.29) is 11.3 Å². The van der Waals surface area contributed by atoms with Crippen molar-refractivity contribution < 1.29 is 4.79 Å². The van der Waals surface area contributed by atoms with Crippen molar-refractivity contribution in [3.8, 4) is 0 Å². The van der Waals surface area contributed by atoms with E-state index in [1.807, 2.05) is 6.92 Å². The van der Waals surface area contributed by atoms with E-state index >= 15 is 0 Å². The van der Waals surface area contributed by atoms with Gasteiger partial charge in [0.05, 0.1) is 0 Å². The maximum Gasteiger partial charge on any atom is 0.144 e. The summed E-state index contributed by atoms with van der Waals surface area (Å²) >= 11 is 0. The average molecular weight is 206 g/mol. The Morgan fingerprint density at radius 3 is 2.67 bits per heavy atom. The summed E-state index contributed by atoms with van der Waals surface area (Å²) < 4.78 is 0. The lowest BCUT2D eigenvalue weighted by Gasteiger charge is -2.37. The molecular formula is C14H22O. The second kappa shape index (κ2) is 4.34. The summed E-state index contributed by atoms with van der Waals surface area (Å²) in [5, 5.41) is 0. The fourth-order valence-corrected chi connectivity index (χ4v) is 2.64. The summed E-state index contributed by atoms with van der Waals surface area (Å²) in [6.07, 6.45) is 4.96. The fraction of sp³-hybridized carbons (Fsp3) is 0.643. The van der Waals surface area contributed by atoms with E-state index in [0.717, 1.165) is 18.4 Å². The zero-order valence-corrected chi connectivity index (χ0v) is 10.4. The molecule has 0 aliphatic heterocycles. The Balaban J connectivity index is 2.89. The largest absolute Gasteiger partial charge is 0.299 e. The molecule has 0 saturated carbocycles. The highest BCUT2D eigenvalue weighted by molar-refractivity contribution is 5.86. The first-order chi connectivity index (χ1) is 6.84. The molecule has 1 atom stereocenters. The first-order valence-corrected chi connectivity index (χ1v) is 5.68. The number of hydrogen-bond acceptors (Lipinski definition) is 1. The molecule has 0 aromatic rings. The maximum atomic E-state index is 12.1. The molecule has 0 heterocycles. The molecule has 1 aliphatic rings. The van der Waals surface area contributed by atoms with Crippen molar-refractivity contribution in [2.75, 3.05) is 0 Å². The molecule has 84 valence electrons. The first kappa shape index (κ1) is 12.2. The van der Waals surface area contributed by atoms with Crippen LogP contribution in [0.1, 0.15) is 47.0 Å². The monoisotopic (exact) mass is 206 g/mol. The summed E-state index contributed by atoms with van der Waals surface area (Å²) in [7, 11) is 0. The minimum absolute atomic E-state index is 0.1000. The van der Waals surface area contributed by atoms with Gasteiger partial charge in [-0.15, -0.1) is 0 Å². The Kier molecular flexibility index (Phi) is 3.54. The summed E-state index contributed by atoms with van der Waals surface area (Å²) in [6, 6.07) is 0. The van der Waals surface area contributed by atoms with E-state index in [9.17, 15) is 4.79 Å². The van der Waals surface area contributed by atoms with Gasteiger partial charge in [0.25, 0.3) is 0 Å².